The lowest BCUT2D eigenvalue weighted by atomic mass is 10.1. The second kappa shape index (κ2) is 6.01. The van der Waals surface area contributed by atoms with Gasteiger partial charge in [-0.2, -0.15) is 5.10 Å². The fourth-order valence-corrected chi connectivity index (χ4v) is 1.88. The van der Waals surface area contributed by atoms with Crippen LogP contribution in [-0.2, 0) is 13.5 Å². The Balaban J connectivity index is 2.37. The van der Waals surface area contributed by atoms with Crippen molar-refractivity contribution in [1.82, 2.24) is 15.1 Å². The summed E-state index contributed by atoms with van der Waals surface area (Å²) >= 11 is 0. The summed E-state index contributed by atoms with van der Waals surface area (Å²) in [7, 11) is 2.00. The number of hydrogen-bond donors (Lipinski definition) is 2. The first-order valence-corrected chi connectivity index (χ1v) is 5.98. The topological polar surface area (TPSA) is 55.9 Å². The summed E-state index contributed by atoms with van der Waals surface area (Å²) in [5, 5.41) is 7.81. The Hall–Kier alpha value is -0.870. The van der Waals surface area contributed by atoms with Crippen LogP contribution in [0.25, 0.3) is 0 Å². The largest absolute Gasteiger partial charge is 0.329 e. The van der Waals surface area contributed by atoms with E-state index in [0.29, 0.717) is 12.6 Å². The molecule has 0 saturated carbocycles. The first kappa shape index (κ1) is 13.2. The minimum absolute atomic E-state index is 0.413. The maximum atomic E-state index is 5.54. The Kier molecular flexibility index (Phi) is 4.96. The summed E-state index contributed by atoms with van der Waals surface area (Å²) < 4.78 is 1.96. The first-order valence-electron chi connectivity index (χ1n) is 5.98. The molecule has 4 nitrogen and oxygen atoms in total. The number of nitrogens with zero attached hydrogens (tertiary/aromatic N) is 2. The lowest BCUT2D eigenvalue weighted by molar-refractivity contribution is 0.543. The molecular weight excluding hydrogens is 200 g/mol. The molecular formula is C12H24N4. The molecule has 0 aliphatic heterocycles. The third-order valence-electron chi connectivity index (χ3n) is 3.11. The molecule has 1 atom stereocenters. The number of rotatable bonds is 6. The maximum Gasteiger partial charge on any atom is 0.0628 e. The van der Waals surface area contributed by atoms with Crippen LogP contribution in [0.5, 0.6) is 0 Å². The first-order chi connectivity index (χ1) is 7.56. The van der Waals surface area contributed by atoms with Crippen molar-refractivity contribution in [3.05, 3.63) is 17.0 Å². The van der Waals surface area contributed by atoms with E-state index in [1.807, 2.05) is 11.7 Å². The molecule has 0 aliphatic carbocycles. The van der Waals surface area contributed by atoms with Crippen molar-refractivity contribution in [3.63, 3.8) is 0 Å². The molecule has 0 amide bonds. The van der Waals surface area contributed by atoms with E-state index in [1.165, 1.54) is 11.3 Å². The molecule has 0 saturated heterocycles. The molecule has 1 unspecified atom stereocenters. The zero-order chi connectivity index (χ0) is 12.1. The molecule has 0 fully saturated rings. The van der Waals surface area contributed by atoms with Gasteiger partial charge < -0.3 is 11.1 Å². The zero-order valence-electron chi connectivity index (χ0n) is 10.9. The van der Waals surface area contributed by atoms with E-state index < -0.39 is 0 Å². The van der Waals surface area contributed by atoms with E-state index in [9.17, 15) is 0 Å². The maximum absolute atomic E-state index is 5.54. The summed E-state index contributed by atoms with van der Waals surface area (Å²) in [6.07, 6.45) is 2.23. The molecule has 0 bridgehead atoms. The summed E-state index contributed by atoms with van der Waals surface area (Å²) in [6, 6.07) is 0.413. The third-order valence-corrected chi connectivity index (χ3v) is 3.11. The van der Waals surface area contributed by atoms with E-state index >= 15 is 0 Å². The molecule has 92 valence electrons. The van der Waals surface area contributed by atoms with E-state index in [2.05, 4.69) is 31.2 Å². The van der Waals surface area contributed by atoms with Crippen LogP contribution in [0, 0.1) is 13.8 Å². The van der Waals surface area contributed by atoms with Gasteiger partial charge in [0.15, 0.2) is 0 Å². The molecule has 1 heterocycles. The molecule has 0 aliphatic rings. The van der Waals surface area contributed by atoms with Gasteiger partial charge in [0.2, 0.25) is 0 Å². The van der Waals surface area contributed by atoms with Crippen LogP contribution in [0.4, 0.5) is 0 Å². The standard InChI is InChI=1S/C12H24N4/c1-9(8-13)14-7-5-6-12-10(2)15-16(4)11(12)3/h9,14H,5-8,13H2,1-4H3. The monoisotopic (exact) mass is 224 g/mol. The summed E-state index contributed by atoms with van der Waals surface area (Å²) in [6.45, 7) is 8.04. The van der Waals surface area contributed by atoms with Gasteiger partial charge in [-0.3, -0.25) is 4.68 Å². The van der Waals surface area contributed by atoms with Crippen LogP contribution in [0.1, 0.15) is 30.3 Å². The van der Waals surface area contributed by atoms with Crippen molar-refractivity contribution in [1.29, 1.82) is 0 Å². The van der Waals surface area contributed by atoms with Crippen molar-refractivity contribution >= 4 is 0 Å². The molecule has 4 heteroatoms. The van der Waals surface area contributed by atoms with Crippen molar-refractivity contribution in [2.75, 3.05) is 13.1 Å². The van der Waals surface area contributed by atoms with Gasteiger partial charge in [-0.1, -0.05) is 0 Å². The molecule has 0 spiro atoms. The minimum atomic E-state index is 0.413. The average molecular weight is 224 g/mol. The van der Waals surface area contributed by atoms with Gasteiger partial charge >= 0.3 is 0 Å². The number of hydrogen-bond acceptors (Lipinski definition) is 3. The number of nitrogens with two attached hydrogens (primary N) is 1. The highest BCUT2D eigenvalue weighted by atomic mass is 15.3. The van der Waals surface area contributed by atoms with Crippen LogP contribution in [-0.4, -0.2) is 28.9 Å². The molecule has 0 aromatic carbocycles. The van der Waals surface area contributed by atoms with E-state index in [1.54, 1.807) is 0 Å². The lowest BCUT2D eigenvalue weighted by Gasteiger charge is -2.10. The zero-order valence-corrected chi connectivity index (χ0v) is 10.9. The minimum Gasteiger partial charge on any atom is -0.329 e. The van der Waals surface area contributed by atoms with Gasteiger partial charge in [0.1, 0.15) is 0 Å². The summed E-state index contributed by atoms with van der Waals surface area (Å²) in [5.74, 6) is 0. The SMILES string of the molecule is Cc1nn(C)c(C)c1CCCNC(C)CN. The van der Waals surface area contributed by atoms with Crippen molar-refractivity contribution in [3.8, 4) is 0 Å². The average Bonchev–Trinajstić information content (AvgIpc) is 2.49. The highest BCUT2D eigenvalue weighted by Gasteiger charge is 2.08. The number of aromatic nitrogens is 2. The summed E-state index contributed by atoms with van der Waals surface area (Å²) in [5.41, 5.74) is 9.38. The molecule has 1 aromatic rings. The van der Waals surface area contributed by atoms with Crippen LogP contribution in [0.15, 0.2) is 0 Å². The fourth-order valence-electron chi connectivity index (χ4n) is 1.88. The van der Waals surface area contributed by atoms with Crippen molar-refractivity contribution in [2.45, 2.75) is 39.7 Å². The Bertz CT molecular complexity index is 330. The van der Waals surface area contributed by atoms with E-state index in [4.69, 9.17) is 5.73 Å². The van der Waals surface area contributed by atoms with Gasteiger partial charge in [0.25, 0.3) is 0 Å². The highest BCUT2D eigenvalue weighted by Crippen LogP contribution is 2.13. The van der Waals surface area contributed by atoms with Crippen LogP contribution in [0.3, 0.4) is 0 Å². The van der Waals surface area contributed by atoms with E-state index in [0.717, 1.165) is 25.1 Å². The Labute approximate surface area is 98.2 Å². The predicted molar refractivity (Wildman–Crippen MR) is 67.5 cm³/mol. The van der Waals surface area contributed by atoms with E-state index in [-0.39, 0.29) is 0 Å². The molecule has 1 aromatic heterocycles. The number of aryl methyl sites for hydroxylation is 2. The second-order valence-electron chi connectivity index (χ2n) is 4.47. The predicted octanol–water partition coefficient (Wildman–Crippen LogP) is 0.906. The van der Waals surface area contributed by atoms with Crippen LogP contribution >= 0.6 is 0 Å². The van der Waals surface area contributed by atoms with Gasteiger partial charge in [0, 0.05) is 25.3 Å². The molecule has 3 N–H and O–H groups in total. The smallest absolute Gasteiger partial charge is 0.0628 e. The number of nitrogens with one attached hydrogen (secondary N) is 1. The highest BCUT2D eigenvalue weighted by molar-refractivity contribution is 5.24. The van der Waals surface area contributed by atoms with Gasteiger partial charge in [0.05, 0.1) is 5.69 Å². The molecule has 0 radical (unpaired) electrons. The Morgan fingerprint density at radius 2 is 2.12 bits per heavy atom. The second-order valence-corrected chi connectivity index (χ2v) is 4.47. The fraction of sp³-hybridized carbons (Fsp3) is 0.750. The Morgan fingerprint density at radius 1 is 1.44 bits per heavy atom. The normalized spacial score (nSPS) is 13.1. The van der Waals surface area contributed by atoms with Crippen molar-refractivity contribution < 1.29 is 0 Å². The molecule has 16 heavy (non-hydrogen) atoms. The van der Waals surface area contributed by atoms with Crippen LogP contribution in [0.2, 0.25) is 0 Å². The third kappa shape index (κ3) is 3.32. The van der Waals surface area contributed by atoms with Crippen LogP contribution < -0.4 is 11.1 Å². The molecule has 1 rings (SSSR count). The van der Waals surface area contributed by atoms with Gasteiger partial charge in [-0.25, -0.2) is 0 Å². The van der Waals surface area contributed by atoms with Gasteiger partial charge in [-0.05, 0) is 45.7 Å². The quantitative estimate of drug-likeness (QED) is 0.706. The summed E-state index contributed by atoms with van der Waals surface area (Å²) in [4.78, 5) is 0. The van der Waals surface area contributed by atoms with Gasteiger partial charge in [-0.15, -0.1) is 0 Å². The van der Waals surface area contributed by atoms with Crippen molar-refractivity contribution in [2.24, 2.45) is 12.8 Å². The lowest BCUT2D eigenvalue weighted by Crippen LogP contribution is -2.33. The Morgan fingerprint density at radius 3 is 2.62 bits per heavy atom.